The third-order valence-electron chi connectivity index (χ3n) is 4.51. The molecule has 0 amide bonds. The second-order valence-electron chi connectivity index (χ2n) is 6.83. The van der Waals surface area contributed by atoms with Crippen LogP contribution in [0.3, 0.4) is 0 Å². The molecule has 7 nitrogen and oxygen atoms in total. The zero-order chi connectivity index (χ0) is 22.4. The van der Waals surface area contributed by atoms with Crippen LogP contribution >= 0.6 is 11.8 Å². The Morgan fingerprint density at radius 2 is 1.94 bits per heavy atom. The third kappa shape index (κ3) is 5.76. The van der Waals surface area contributed by atoms with Gasteiger partial charge in [0.1, 0.15) is 0 Å². The maximum absolute atomic E-state index is 13.2. The molecule has 1 atom stereocenters. The van der Waals surface area contributed by atoms with E-state index >= 15 is 0 Å². The lowest BCUT2D eigenvalue weighted by atomic mass is 9.94. The molecule has 158 valence electrons. The van der Waals surface area contributed by atoms with Gasteiger partial charge >= 0.3 is 5.97 Å². The second-order valence-corrected chi connectivity index (χ2v) is 8.14. The first-order valence-corrected chi connectivity index (χ1v) is 10.4. The lowest BCUT2D eigenvalue weighted by Crippen LogP contribution is -2.21. The quantitative estimate of drug-likeness (QED) is 0.268. The number of hydrogen-bond acceptors (Lipinski definition) is 7. The summed E-state index contributed by atoms with van der Waals surface area (Å²) < 4.78 is 0. The van der Waals surface area contributed by atoms with Gasteiger partial charge in [0.15, 0.2) is 5.71 Å². The van der Waals surface area contributed by atoms with Crippen LogP contribution in [0.4, 0.5) is 5.69 Å². The molecule has 0 N–H and O–H groups in total. The normalized spacial score (nSPS) is 15.9. The minimum absolute atomic E-state index is 0.0762. The number of non-ortho nitro benzene ring substituents is 1. The van der Waals surface area contributed by atoms with Crippen molar-refractivity contribution in [1.29, 1.82) is 0 Å². The first-order chi connectivity index (χ1) is 14.8. The molecule has 0 aliphatic heterocycles. The van der Waals surface area contributed by atoms with Gasteiger partial charge in [0.2, 0.25) is 5.78 Å². The lowest BCUT2D eigenvalue weighted by Gasteiger charge is -2.16. The van der Waals surface area contributed by atoms with E-state index in [-0.39, 0.29) is 16.6 Å². The standard InChI is InChI=1S/C23H20N2O5S/c1-15-14-18(25(28)29)10-13-21(15)22(24-30-16(2)26)23(27)17-8-11-20(12-9-17)31-19-6-4-3-5-7-19/h3-11,13-14,20H,12H2,1-2H3/b24-22-/t20-/m0/s1. The van der Waals surface area contributed by atoms with Gasteiger partial charge in [-0.25, -0.2) is 4.79 Å². The van der Waals surface area contributed by atoms with Crippen LogP contribution in [0.1, 0.15) is 24.5 Å². The van der Waals surface area contributed by atoms with E-state index in [0.717, 1.165) is 4.90 Å². The van der Waals surface area contributed by atoms with Crippen molar-refractivity contribution in [2.24, 2.45) is 5.16 Å². The number of allylic oxidation sites excluding steroid dienone is 3. The predicted molar refractivity (Wildman–Crippen MR) is 119 cm³/mol. The van der Waals surface area contributed by atoms with Gasteiger partial charge in [-0.05, 0) is 37.1 Å². The van der Waals surface area contributed by atoms with Gasteiger partial charge < -0.3 is 4.84 Å². The van der Waals surface area contributed by atoms with E-state index < -0.39 is 16.7 Å². The number of hydrogen-bond donors (Lipinski definition) is 0. The van der Waals surface area contributed by atoms with Crippen LogP contribution in [0.5, 0.6) is 0 Å². The zero-order valence-electron chi connectivity index (χ0n) is 17.0. The molecule has 31 heavy (non-hydrogen) atoms. The summed E-state index contributed by atoms with van der Waals surface area (Å²) >= 11 is 1.70. The summed E-state index contributed by atoms with van der Waals surface area (Å²) in [5.74, 6) is -1.09. The van der Waals surface area contributed by atoms with Crippen molar-refractivity contribution in [3.8, 4) is 0 Å². The Bertz CT molecular complexity index is 1110. The first kappa shape index (κ1) is 22.2. The smallest absolute Gasteiger partial charge is 0.318 e. The van der Waals surface area contributed by atoms with Crippen LogP contribution in [-0.4, -0.2) is 27.6 Å². The number of carbonyl (C=O) groups excluding carboxylic acids is 2. The monoisotopic (exact) mass is 436 g/mol. The largest absolute Gasteiger partial charge is 0.332 e. The number of aryl methyl sites for hydroxylation is 1. The summed E-state index contributed by atoms with van der Waals surface area (Å²) in [6.07, 6.45) is 6.16. The van der Waals surface area contributed by atoms with Crippen LogP contribution in [-0.2, 0) is 14.4 Å². The molecule has 8 heteroatoms. The Hall–Kier alpha value is -3.52. The molecule has 3 rings (SSSR count). The Labute approximate surface area is 183 Å². The van der Waals surface area contributed by atoms with Gasteiger partial charge in [-0.2, -0.15) is 0 Å². The van der Waals surface area contributed by atoms with Gasteiger partial charge in [0.25, 0.3) is 5.69 Å². The van der Waals surface area contributed by atoms with E-state index in [9.17, 15) is 19.7 Å². The average Bonchev–Trinajstić information content (AvgIpc) is 2.75. The predicted octanol–water partition coefficient (Wildman–Crippen LogP) is 4.79. The molecule has 2 aromatic carbocycles. The number of nitro groups is 1. The summed E-state index contributed by atoms with van der Waals surface area (Å²) in [6, 6.07) is 14.1. The van der Waals surface area contributed by atoms with E-state index in [2.05, 4.69) is 5.16 Å². The fourth-order valence-corrected chi connectivity index (χ4v) is 4.03. The van der Waals surface area contributed by atoms with Gasteiger partial charge in [-0.15, -0.1) is 11.8 Å². The number of rotatable bonds is 7. The van der Waals surface area contributed by atoms with E-state index in [0.29, 0.717) is 23.1 Å². The molecule has 2 aromatic rings. The Morgan fingerprint density at radius 3 is 2.52 bits per heavy atom. The number of thioether (sulfide) groups is 1. The number of nitro benzene ring substituents is 1. The molecule has 0 saturated heterocycles. The minimum Gasteiger partial charge on any atom is -0.318 e. The molecule has 0 saturated carbocycles. The number of Topliss-reactive ketones (excluding diaryl/α,β-unsaturated/α-hetero) is 1. The molecule has 0 unspecified atom stereocenters. The van der Waals surface area contributed by atoms with Gasteiger partial charge in [-0.1, -0.05) is 41.6 Å². The van der Waals surface area contributed by atoms with Crippen LogP contribution in [0, 0.1) is 17.0 Å². The molecule has 1 aliphatic carbocycles. The third-order valence-corrected chi connectivity index (χ3v) is 5.71. The SMILES string of the molecule is CC(=O)O/N=C(\C(=O)C1=CC[C@@H](Sc2ccccc2)C=C1)c1ccc([N+](=O)[O-])cc1C. The molecule has 0 heterocycles. The van der Waals surface area contributed by atoms with Crippen molar-refractivity contribution in [3.63, 3.8) is 0 Å². The van der Waals surface area contributed by atoms with Gasteiger partial charge in [0, 0.05) is 40.3 Å². The highest BCUT2D eigenvalue weighted by Crippen LogP contribution is 2.30. The summed E-state index contributed by atoms with van der Waals surface area (Å²) in [7, 11) is 0. The van der Waals surface area contributed by atoms with Crippen molar-refractivity contribution in [3.05, 3.63) is 93.6 Å². The minimum atomic E-state index is -0.669. The van der Waals surface area contributed by atoms with Crippen LogP contribution in [0.15, 0.2) is 82.4 Å². The summed E-state index contributed by atoms with van der Waals surface area (Å²) in [5, 5.41) is 15.0. The average molecular weight is 436 g/mol. The van der Waals surface area contributed by atoms with Crippen LogP contribution < -0.4 is 0 Å². The fraction of sp³-hybridized carbons (Fsp3) is 0.174. The summed E-state index contributed by atoms with van der Waals surface area (Å²) in [5.41, 5.74) is 1.10. The van der Waals surface area contributed by atoms with Crippen molar-refractivity contribution >= 4 is 34.9 Å². The molecule has 0 radical (unpaired) electrons. The molecule has 0 fully saturated rings. The highest BCUT2D eigenvalue weighted by molar-refractivity contribution is 8.00. The van der Waals surface area contributed by atoms with Crippen LogP contribution in [0.2, 0.25) is 0 Å². The molecular weight excluding hydrogens is 416 g/mol. The zero-order valence-corrected chi connectivity index (χ0v) is 17.8. The molecule has 1 aliphatic rings. The van der Waals surface area contributed by atoms with E-state index in [1.165, 1.54) is 25.1 Å². The van der Waals surface area contributed by atoms with Crippen molar-refractivity contribution in [1.82, 2.24) is 0 Å². The number of ketones is 1. The van der Waals surface area contributed by atoms with Crippen LogP contribution in [0.25, 0.3) is 0 Å². The maximum atomic E-state index is 13.2. The van der Waals surface area contributed by atoms with E-state index in [1.54, 1.807) is 24.8 Å². The molecular formula is C23H20N2O5S. The number of nitrogens with zero attached hydrogens (tertiary/aromatic N) is 2. The summed E-state index contributed by atoms with van der Waals surface area (Å²) in [4.78, 5) is 40.8. The lowest BCUT2D eigenvalue weighted by molar-refractivity contribution is -0.384. The number of carbonyl (C=O) groups is 2. The molecule has 0 bridgehead atoms. The van der Waals surface area contributed by atoms with Gasteiger partial charge in [0.05, 0.1) is 4.92 Å². The Morgan fingerprint density at radius 1 is 1.19 bits per heavy atom. The number of benzene rings is 2. The van der Waals surface area contributed by atoms with E-state index in [4.69, 9.17) is 4.84 Å². The van der Waals surface area contributed by atoms with Crippen molar-refractivity contribution in [2.45, 2.75) is 30.4 Å². The Balaban J connectivity index is 1.83. The van der Waals surface area contributed by atoms with Crippen molar-refractivity contribution in [2.75, 3.05) is 0 Å². The second kappa shape index (κ2) is 9.99. The maximum Gasteiger partial charge on any atom is 0.332 e. The number of oxime groups is 1. The topological polar surface area (TPSA) is 98.9 Å². The highest BCUT2D eigenvalue weighted by atomic mass is 32.2. The molecule has 0 aromatic heterocycles. The van der Waals surface area contributed by atoms with Crippen molar-refractivity contribution < 1.29 is 19.3 Å². The molecule has 0 spiro atoms. The highest BCUT2D eigenvalue weighted by Gasteiger charge is 2.24. The van der Waals surface area contributed by atoms with E-state index in [1.807, 2.05) is 42.5 Å². The fourth-order valence-electron chi connectivity index (χ4n) is 3.02. The Kier molecular flexibility index (Phi) is 7.15. The summed E-state index contributed by atoms with van der Waals surface area (Å²) in [6.45, 7) is 2.82. The van der Waals surface area contributed by atoms with Gasteiger partial charge in [-0.3, -0.25) is 14.9 Å². The first-order valence-electron chi connectivity index (χ1n) is 9.51.